The molecule has 2 aromatic rings. The molecular formula is C22H29N3O2. The zero-order valence-electron chi connectivity index (χ0n) is 16.2. The van der Waals surface area contributed by atoms with Crippen molar-refractivity contribution in [1.82, 2.24) is 10.2 Å². The van der Waals surface area contributed by atoms with Crippen molar-refractivity contribution in [1.29, 1.82) is 0 Å². The van der Waals surface area contributed by atoms with Gasteiger partial charge in [-0.05, 0) is 29.7 Å². The Morgan fingerprint density at radius 2 is 1.89 bits per heavy atom. The van der Waals surface area contributed by atoms with Crippen molar-refractivity contribution >= 4 is 5.96 Å². The van der Waals surface area contributed by atoms with Gasteiger partial charge in [-0.1, -0.05) is 42.5 Å². The van der Waals surface area contributed by atoms with Gasteiger partial charge in [-0.15, -0.1) is 0 Å². The third kappa shape index (κ3) is 6.00. The van der Waals surface area contributed by atoms with E-state index in [-0.39, 0.29) is 0 Å². The molecule has 1 fully saturated rings. The van der Waals surface area contributed by atoms with Gasteiger partial charge in [-0.3, -0.25) is 4.99 Å². The molecule has 1 unspecified atom stereocenters. The Hall–Kier alpha value is -2.53. The number of nitrogens with one attached hydrogen (secondary N) is 1. The number of aliphatic imine (C=N–C) groups is 1. The van der Waals surface area contributed by atoms with E-state index in [9.17, 15) is 0 Å². The van der Waals surface area contributed by atoms with Crippen molar-refractivity contribution < 1.29 is 9.47 Å². The van der Waals surface area contributed by atoms with E-state index in [1.165, 1.54) is 5.56 Å². The molecule has 1 heterocycles. The molecule has 0 saturated carbocycles. The van der Waals surface area contributed by atoms with Crippen LogP contribution in [0.15, 0.2) is 59.6 Å². The van der Waals surface area contributed by atoms with Crippen molar-refractivity contribution in [3.05, 3.63) is 65.7 Å². The third-order valence-electron chi connectivity index (χ3n) is 4.75. The van der Waals surface area contributed by atoms with Crippen LogP contribution in [0.25, 0.3) is 0 Å². The molecule has 1 atom stereocenters. The first-order chi connectivity index (χ1) is 13.2. The van der Waals surface area contributed by atoms with Crippen LogP contribution in [-0.4, -0.2) is 44.7 Å². The van der Waals surface area contributed by atoms with Crippen LogP contribution in [0.4, 0.5) is 0 Å². The highest BCUT2D eigenvalue weighted by Crippen LogP contribution is 2.14. The van der Waals surface area contributed by atoms with Gasteiger partial charge in [0, 0.05) is 39.7 Å². The summed E-state index contributed by atoms with van der Waals surface area (Å²) in [5, 5.41) is 3.44. The lowest BCUT2D eigenvalue weighted by atomic mass is 10.1. The lowest BCUT2D eigenvalue weighted by Gasteiger charge is -2.24. The minimum atomic E-state index is 0.575. The summed E-state index contributed by atoms with van der Waals surface area (Å²) in [7, 11) is 3.91. The number of para-hydroxylation sites is 1. The number of hydrogen-bond acceptors (Lipinski definition) is 3. The summed E-state index contributed by atoms with van der Waals surface area (Å²) in [5.41, 5.74) is 2.38. The summed E-state index contributed by atoms with van der Waals surface area (Å²) in [6.45, 7) is 4.03. The Labute approximate surface area is 162 Å². The van der Waals surface area contributed by atoms with Crippen molar-refractivity contribution in [3.8, 4) is 5.75 Å². The van der Waals surface area contributed by atoms with Crippen molar-refractivity contribution in [2.45, 2.75) is 19.6 Å². The number of hydrogen-bond donors (Lipinski definition) is 1. The second-order valence-electron chi connectivity index (χ2n) is 6.93. The minimum absolute atomic E-state index is 0.575. The quantitative estimate of drug-likeness (QED) is 0.602. The zero-order chi connectivity index (χ0) is 18.9. The third-order valence-corrected chi connectivity index (χ3v) is 4.75. The molecule has 0 bridgehead atoms. The predicted molar refractivity (Wildman–Crippen MR) is 109 cm³/mol. The van der Waals surface area contributed by atoms with Gasteiger partial charge in [0.1, 0.15) is 12.4 Å². The van der Waals surface area contributed by atoms with Gasteiger partial charge in [0.05, 0.1) is 6.61 Å². The first-order valence-corrected chi connectivity index (χ1v) is 9.50. The van der Waals surface area contributed by atoms with Crippen LogP contribution in [0.3, 0.4) is 0 Å². The van der Waals surface area contributed by atoms with E-state index in [0.29, 0.717) is 12.5 Å². The number of benzene rings is 2. The summed E-state index contributed by atoms with van der Waals surface area (Å²) < 4.78 is 11.3. The van der Waals surface area contributed by atoms with Gasteiger partial charge in [0.15, 0.2) is 5.96 Å². The van der Waals surface area contributed by atoms with Crippen LogP contribution >= 0.6 is 0 Å². The fourth-order valence-corrected chi connectivity index (χ4v) is 3.20. The average Bonchev–Trinajstić information content (AvgIpc) is 3.21. The number of nitrogens with zero attached hydrogens (tertiary/aromatic N) is 2. The largest absolute Gasteiger partial charge is 0.489 e. The Morgan fingerprint density at radius 3 is 2.56 bits per heavy atom. The van der Waals surface area contributed by atoms with Crippen LogP contribution in [0, 0.1) is 5.92 Å². The molecule has 2 aromatic carbocycles. The monoisotopic (exact) mass is 367 g/mol. The molecule has 1 aliphatic rings. The van der Waals surface area contributed by atoms with Crippen LogP contribution < -0.4 is 10.1 Å². The van der Waals surface area contributed by atoms with Crippen LogP contribution in [0.2, 0.25) is 0 Å². The van der Waals surface area contributed by atoms with E-state index in [4.69, 9.17) is 9.47 Å². The van der Waals surface area contributed by atoms with E-state index < -0.39 is 0 Å². The summed E-state index contributed by atoms with van der Waals surface area (Å²) >= 11 is 0. The van der Waals surface area contributed by atoms with E-state index in [0.717, 1.165) is 50.0 Å². The van der Waals surface area contributed by atoms with Gasteiger partial charge in [0.2, 0.25) is 0 Å². The lowest BCUT2D eigenvalue weighted by Crippen LogP contribution is -2.41. The molecule has 0 aliphatic carbocycles. The highest BCUT2D eigenvalue weighted by molar-refractivity contribution is 5.79. The van der Waals surface area contributed by atoms with E-state index in [1.807, 2.05) is 37.4 Å². The maximum Gasteiger partial charge on any atom is 0.193 e. The lowest BCUT2D eigenvalue weighted by molar-refractivity contribution is 0.181. The molecule has 0 amide bonds. The number of rotatable bonds is 7. The Morgan fingerprint density at radius 1 is 1.15 bits per heavy atom. The molecular weight excluding hydrogens is 338 g/mol. The molecule has 1 N–H and O–H groups in total. The van der Waals surface area contributed by atoms with Crippen molar-refractivity contribution in [2.75, 3.05) is 33.9 Å². The van der Waals surface area contributed by atoms with Gasteiger partial charge in [-0.25, -0.2) is 0 Å². The fraction of sp³-hybridized carbons (Fsp3) is 0.409. The Bertz CT molecular complexity index is 710. The molecule has 1 saturated heterocycles. The van der Waals surface area contributed by atoms with Crippen molar-refractivity contribution in [2.24, 2.45) is 10.9 Å². The van der Waals surface area contributed by atoms with E-state index >= 15 is 0 Å². The summed E-state index contributed by atoms with van der Waals surface area (Å²) in [5.74, 6) is 2.40. The maximum atomic E-state index is 5.79. The smallest absolute Gasteiger partial charge is 0.193 e. The molecule has 3 rings (SSSR count). The highest BCUT2D eigenvalue weighted by atomic mass is 16.5. The zero-order valence-corrected chi connectivity index (χ0v) is 16.2. The summed E-state index contributed by atoms with van der Waals surface area (Å²) in [6, 6.07) is 18.4. The fourth-order valence-electron chi connectivity index (χ4n) is 3.20. The topological polar surface area (TPSA) is 46.1 Å². The van der Waals surface area contributed by atoms with E-state index in [2.05, 4.69) is 46.5 Å². The first-order valence-electron chi connectivity index (χ1n) is 9.50. The number of ether oxygens (including phenoxy) is 2. The normalized spacial score (nSPS) is 17.0. The first kappa shape index (κ1) is 19.2. The Kier molecular flexibility index (Phi) is 7.11. The molecule has 5 heteroatoms. The molecule has 0 aromatic heterocycles. The molecule has 144 valence electrons. The second kappa shape index (κ2) is 9.97. The standard InChI is InChI=1S/C22H29N3O2/c1-23-22(25(2)15-20-12-13-26-16-20)24-14-18-8-10-19(11-9-18)17-27-21-6-4-3-5-7-21/h3-11,20H,12-17H2,1-2H3,(H,23,24). The highest BCUT2D eigenvalue weighted by Gasteiger charge is 2.18. The van der Waals surface area contributed by atoms with Gasteiger partial charge in [-0.2, -0.15) is 0 Å². The minimum Gasteiger partial charge on any atom is -0.489 e. The maximum absolute atomic E-state index is 5.79. The molecule has 0 radical (unpaired) electrons. The summed E-state index contributed by atoms with van der Waals surface area (Å²) in [4.78, 5) is 6.58. The summed E-state index contributed by atoms with van der Waals surface area (Å²) in [6.07, 6.45) is 1.13. The van der Waals surface area contributed by atoms with Crippen LogP contribution in [-0.2, 0) is 17.9 Å². The van der Waals surface area contributed by atoms with Gasteiger partial charge >= 0.3 is 0 Å². The van der Waals surface area contributed by atoms with Gasteiger partial charge in [0.25, 0.3) is 0 Å². The molecule has 27 heavy (non-hydrogen) atoms. The molecule has 1 aliphatic heterocycles. The Balaban J connectivity index is 1.45. The SMILES string of the molecule is CN=C(NCc1ccc(COc2ccccc2)cc1)N(C)CC1CCOC1. The van der Waals surface area contributed by atoms with Gasteiger partial charge < -0.3 is 19.7 Å². The average molecular weight is 367 g/mol. The van der Waals surface area contributed by atoms with E-state index in [1.54, 1.807) is 0 Å². The van der Waals surface area contributed by atoms with Crippen LogP contribution in [0.5, 0.6) is 5.75 Å². The van der Waals surface area contributed by atoms with Crippen LogP contribution in [0.1, 0.15) is 17.5 Å². The molecule has 5 nitrogen and oxygen atoms in total. The molecule has 0 spiro atoms. The van der Waals surface area contributed by atoms with Crippen molar-refractivity contribution in [3.63, 3.8) is 0 Å². The predicted octanol–water partition coefficient (Wildman–Crippen LogP) is 3.31. The number of guanidine groups is 1. The second-order valence-corrected chi connectivity index (χ2v) is 6.93.